The number of thiophene rings is 1. The summed E-state index contributed by atoms with van der Waals surface area (Å²) in [6.07, 6.45) is 0.489. The van der Waals surface area contributed by atoms with Gasteiger partial charge in [-0.3, -0.25) is 4.79 Å². The van der Waals surface area contributed by atoms with Gasteiger partial charge in [0.05, 0.1) is 18.1 Å². The number of ether oxygens (including phenoxy) is 1. The minimum atomic E-state index is -3.06. The lowest BCUT2D eigenvalue weighted by Crippen LogP contribution is -2.42. The number of carbonyl (C=O) groups is 1. The Morgan fingerprint density at radius 2 is 2.00 bits per heavy atom. The molecule has 3 rings (SSSR count). The standard InChI is InChI=1S/C19H23NO4S2/c1-14-8-15(2)10-17(9-14)24-12-19(21)20(11-18-4-3-6-25-18)16-5-7-26(22,23)13-16/h3-4,6,8-10,16H,5,7,11-13H2,1-2H3/t16-/m0/s1. The molecule has 1 aromatic heterocycles. The Morgan fingerprint density at radius 1 is 1.27 bits per heavy atom. The zero-order valence-electron chi connectivity index (χ0n) is 15.0. The molecule has 5 nitrogen and oxygen atoms in total. The van der Waals surface area contributed by atoms with E-state index in [-0.39, 0.29) is 30.1 Å². The number of benzene rings is 1. The first-order valence-electron chi connectivity index (χ1n) is 8.56. The highest BCUT2D eigenvalue weighted by Crippen LogP contribution is 2.23. The van der Waals surface area contributed by atoms with E-state index in [1.165, 1.54) is 0 Å². The molecule has 2 aromatic rings. The van der Waals surface area contributed by atoms with Crippen molar-refractivity contribution in [2.24, 2.45) is 0 Å². The van der Waals surface area contributed by atoms with Gasteiger partial charge >= 0.3 is 0 Å². The van der Waals surface area contributed by atoms with Crippen molar-refractivity contribution in [1.29, 1.82) is 0 Å². The number of nitrogens with zero attached hydrogens (tertiary/aromatic N) is 1. The summed E-state index contributed by atoms with van der Waals surface area (Å²) >= 11 is 1.56. The quantitative estimate of drug-likeness (QED) is 0.757. The van der Waals surface area contributed by atoms with Gasteiger partial charge in [0.2, 0.25) is 0 Å². The number of sulfone groups is 1. The zero-order valence-corrected chi connectivity index (χ0v) is 16.6. The third-order valence-electron chi connectivity index (χ3n) is 4.43. The summed E-state index contributed by atoms with van der Waals surface area (Å²) in [7, 11) is -3.06. The normalized spacial score (nSPS) is 18.6. The number of rotatable bonds is 6. The monoisotopic (exact) mass is 393 g/mol. The summed E-state index contributed by atoms with van der Waals surface area (Å²) in [5.74, 6) is 0.655. The van der Waals surface area contributed by atoms with Gasteiger partial charge in [0.25, 0.3) is 5.91 Å². The van der Waals surface area contributed by atoms with Gasteiger partial charge in [-0.15, -0.1) is 11.3 Å². The second-order valence-corrected chi connectivity index (χ2v) is 10.0. The minimum Gasteiger partial charge on any atom is -0.484 e. The lowest BCUT2D eigenvalue weighted by molar-refractivity contribution is -0.135. The summed E-state index contributed by atoms with van der Waals surface area (Å²) in [5.41, 5.74) is 2.15. The lowest BCUT2D eigenvalue weighted by atomic mass is 10.1. The summed E-state index contributed by atoms with van der Waals surface area (Å²) in [6, 6.07) is 9.44. The van der Waals surface area contributed by atoms with E-state index in [4.69, 9.17) is 4.74 Å². The summed E-state index contributed by atoms with van der Waals surface area (Å²) < 4.78 is 29.4. The second-order valence-electron chi connectivity index (χ2n) is 6.77. The van der Waals surface area contributed by atoms with E-state index >= 15 is 0 Å². The molecule has 2 heterocycles. The van der Waals surface area contributed by atoms with Crippen LogP contribution in [0, 0.1) is 13.8 Å². The predicted molar refractivity (Wildman–Crippen MR) is 103 cm³/mol. The molecule has 0 spiro atoms. The minimum absolute atomic E-state index is 0.0354. The van der Waals surface area contributed by atoms with Crippen LogP contribution in [0.5, 0.6) is 5.75 Å². The molecular formula is C19H23NO4S2. The van der Waals surface area contributed by atoms with E-state index in [1.54, 1.807) is 16.2 Å². The number of carbonyl (C=O) groups excluding carboxylic acids is 1. The van der Waals surface area contributed by atoms with Gasteiger partial charge in [-0.1, -0.05) is 12.1 Å². The number of hydrogen-bond donors (Lipinski definition) is 0. The maximum atomic E-state index is 12.8. The smallest absolute Gasteiger partial charge is 0.261 e. The van der Waals surface area contributed by atoms with E-state index in [9.17, 15) is 13.2 Å². The fourth-order valence-electron chi connectivity index (χ4n) is 3.26. The fourth-order valence-corrected chi connectivity index (χ4v) is 5.69. The maximum absolute atomic E-state index is 12.8. The Kier molecular flexibility index (Phi) is 5.67. The molecule has 1 amide bonds. The van der Waals surface area contributed by atoms with Crippen LogP contribution in [0.2, 0.25) is 0 Å². The van der Waals surface area contributed by atoms with Gasteiger partial charge in [0, 0.05) is 10.9 Å². The van der Waals surface area contributed by atoms with Crippen LogP contribution >= 0.6 is 11.3 Å². The van der Waals surface area contributed by atoms with Crippen molar-refractivity contribution in [1.82, 2.24) is 4.90 Å². The van der Waals surface area contributed by atoms with Crippen LogP contribution < -0.4 is 4.74 Å². The van der Waals surface area contributed by atoms with Gasteiger partial charge in [0.1, 0.15) is 5.75 Å². The fraction of sp³-hybridized carbons (Fsp3) is 0.421. The highest BCUT2D eigenvalue weighted by atomic mass is 32.2. The van der Waals surface area contributed by atoms with Crippen LogP contribution in [0.1, 0.15) is 22.4 Å². The molecule has 0 saturated carbocycles. The third kappa shape index (κ3) is 4.86. The van der Waals surface area contributed by atoms with Gasteiger partial charge in [-0.2, -0.15) is 0 Å². The van der Waals surface area contributed by atoms with E-state index < -0.39 is 9.84 Å². The Balaban J connectivity index is 1.71. The predicted octanol–water partition coefficient (Wildman–Crippen LogP) is 2.96. The summed E-state index contributed by atoms with van der Waals surface area (Å²) in [6.45, 7) is 4.29. The SMILES string of the molecule is Cc1cc(C)cc(OCC(=O)N(Cc2cccs2)[C@H]2CCS(=O)(=O)C2)c1. The van der Waals surface area contributed by atoms with Crippen LogP contribution in [-0.4, -0.2) is 43.4 Å². The van der Waals surface area contributed by atoms with Crippen LogP contribution in [0.25, 0.3) is 0 Å². The van der Waals surface area contributed by atoms with Crippen LogP contribution in [0.4, 0.5) is 0 Å². The topological polar surface area (TPSA) is 63.7 Å². The molecule has 0 N–H and O–H groups in total. The Bertz CT molecular complexity index is 855. The average Bonchev–Trinajstić information content (AvgIpc) is 3.18. The molecule has 1 aromatic carbocycles. The van der Waals surface area contributed by atoms with Crippen LogP contribution in [-0.2, 0) is 21.2 Å². The molecule has 1 saturated heterocycles. The summed E-state index contributed by atoms with van der Waals surface area (Å²) in [4.78, 5) is 15.5. The summed E-state index contributed by atoms with van der Waals surface area (Å²) in [5, 5.41) is 1.95. The van der Waals surface area contributed by atoms with E-state index in [0.29, 0.717) is 18.7 Å². The first kappa shape index (κ1) is 18.9. The van der Waals surface area contributed by atoms with Crippen molar-refractivity contribution in [3.63, 3.8) is 0 Å². The van der Waals surface area contributed by atoms with E-state index in [2.05, 4.69) is 0 Å². The van der Waals surface area contributed by atoms with E-state index in [1.807, 2.05) is 49.6 Å². The lowest BCUT2D eigenvalue weighted by Gasteiger charge is -2.28. The molecule has 1 aliphatic heterocycles. The first-order chi connectivity index (χ1) is 12.3. The average molecular weight is 394 g/mol. The van der Waals surface area contributed by atoms with Crippen molar-refractivity contribution >= 4 is 27.1 Å². The maximum Gasteiger partial charge on any atom is 0.261 e. The molecule has 1 fully saturated rings. The van der Waals surface area contributed by atoms with Gasteiger partial charge in [0.15, 0.2) is 16.4 Å². The van der Waals surface area contributed by atoms with E-state index in [0.717, 1.165) is 16.0 Å². The Morgan fingerprint density at radius 3 is 2.58 bits per heavy atom. The van der Waals surface area contributed by atoms with Gasteiger partial charge in [-0.05, 0) is 55.0 Å². The zero-order chi connectivity index (χ0) is 18.7. The second kappa shape index (κ2) is 7.80. The van der Waals surface area contributed by atoms with Crippen molar-refractivity contribution < 1.29 is 17.9 Å². The molecular weight excluding hydrogens is 370 g/mol. The van der Waals surface area contributed by atoms with Crippen molar-refractivity contribution in [3.8, 4) is 5.75 Å². The Hall–Kier alpha value is -1.86. The number of amides is 1. The van der Waals surface area contributed by atoms with Gasteiger partial charge < -0.3 is 9.64 Å². The molecule has 140 valence electrons. The Labute approximate surface area is 158 Å². The van der Waals surface area contributed by atoms with Crippen molar-refractivity contribution in [3.05, 3.63) is 51.7 Å². The number of hydrogen-bond acceptors (Lipinski definition) is 5. The van der Waals surface area contributed by atoms with Crippen LogP contribution in [0.3, 0.4) is 0 Å². The van der Waals surface area contributed by atoms with Crippen LogP contribution in [0.15, 0.2) is 35.7 Å². The largest absolute Gasteiger partial charge is 0.484 e. The molecule has 7 heteroatoms. The molecule has 26 heavy (non-hydrogen) atoms. The molecule has 0 radical (unpaired) electrons. The highest BCUT2D eigenvalue weighted by Gasteiger charge is 2.34. The van der Waals surface area contributed by atoms with Crippen molar-refractivity contribution in [2.75, 3.05) is 18.1 Å². The molecule has 0 unspecified atom stereocenters. The van der Waals surface area contributed by atoms with Gasteiger partial charge in [-0.25, -0.2) is 8.42 Å². The molecule has 1 atom stereocenters. The first-order valence-corrected chi connectivity index (χ1v) is 11.3. The molecule has 0 bridgehead atoms. The molecule has 1 aliphatic rings. The highest BCUT2D eigenvalue weighted by molar-refractivity contribution is 7.91. The number of aryl methyl sites for hydroxylation is 2. The van der Waals surface area contributed by atoms with Crippen molar-refractivity contribution in [2.45, 2.75) is 32.9 Å². The third-order valence-corrected chi connectivity index (χ3v) is 7.04. The molecule has 0 aliphatic carbocycles.